The van der Waals surface area contributed by atoms with Gasteiger partial charge >= 0.3 is 0 Å². The van der Waals surface area contributed by atoms with Gasteiger partial charge in [0.25, 0.3) is 6.47 Å². The second-order valence-electron chi connectivity index (χ2n) is 8.09. The molecule has 0 amide bonds. The summed E-state index contributed by atoms with van der Waals surface area (Å²) in [6.07, 6.45) is 8.75. The third-order valence-corrected chi connectivity index (χ3v) is 6.59. The Morgan fingerprint density at radius 1 is 1.19 bits per heavy atom. The summed E-state index contributed by atoms with van der Waals surface area (Å²) in [7, 11) is 0. The van der Waals surface area contributed by atoms with Gasteiger partial charge < -0.3 is 10.2 Å². The number of hydrogen-bond acceptors (Lipinski definition) is 2. The highest BCUT2D eigenvalue weighted by molar-refractivity contribution is 5.32. The summed E-state index contributed by atoms with van der Waals surface area (Å²) in [6, 6.07) is 0. The first-order chi connectivity index (χ1) is 12.4. The van der Waals surface area contributed by atoms with Crippen molar-refractivity contribution in [3.8, 4) is 0 Å². The molecule has 3 nitrogen and oxygen atoms in total. The van der Waals surface area contributed by atoms with Crippen molar-refractivity contribution < 1.29 is 15.0 Å². The Kier molecular flexibility index (Phi) is 12.9. The Bertz CT molecular complexity index is 391. The van der Waals surface area contributed by atoms with E-state index in [0.717, 1.165) is 35.7 Å². The summed E-state index contributed by atoms with van der Waals surface area (Å²) < 4.78 is 0. The van der Waals surface area contributed by atoms with E-state index in [2.05, 4.69) is 34.3 Å². The summed E-state index contributed by atoms with van der Waals surface area (Å²) in [6.45, 7) is 17.3. The number of carbonyl (C=O) groups is 1. The number of fused-ring (bicyclic) bond motifs is 1. The lowest BCUT2D eigenvalue weighted by Gasteiger charge is -2.51. The van der Waals surface area contributed by atoms with Crippen LogP contribution in [0.3, 0.4) is 0 Å². The Morgan fingerprint density at radius 3 is 2.23 bits per heavy atom. The van der Waals surface area contributed by atoms with Crippen molar-refractivity contribution in [1.82, 2.24) is 0 Å². The van der Waals surface area contributed by atoms with Crippen molar-refractivity contribution in [2.75, 3.05) is 0 Å². The molecule has 154 valence electrons. The van der Waals surface area contributed by atoms with Gasteiger partial charge in [-0.3, -0.25) is 4.79 Å². The van der Waals surface area contributed by atoms with E-state index >= 15 is 0 Å². The highest BCUT2D eigenvalue weighted by Gasteiger charge is 2.47. The molecule has 0 aromatic carbocycles. The van der Waals surface area contributed by atoms with Gasteiger partial charge in [-0.05, 0) is 73.2 Å². The second kappa shape index (κ2) is 13.4. The van der Waals surface area contributed by atoms with Crippen molar-refractivity contribution in [3.63, 3.8) is 0 Å². The fourth-order valence-corrected chi connectivity index (χ4v) is 5.31. The summed E-state index contributed by atoms with van der Waals surface area (Å²) in [4.78, 5) is 8.36. The highest BCUT2D eigenvalue weighted by Crippen LogP contribution is 2.52. The van der Waals surface area contributed by atoms with Gasteiger partial charge in [0.05, 0.1) is 6.10 Å². The highest BCUT2D eigenvalue weighted by atomic mass is 16.3. The average molecular weight is 369 g/mol. The zero-order valence-electron chi connectivity index (χ0n) is 18.1. The van der Waals surface area contributed by atoms with Gasteiger partial charge in [0.1, 0.15) is 0 Å². The van der Waals surface area contributed by atoms with Gasteiger partial charge in [0.2, 0.25) is 0 Å². The van der Waals surface area contributed by atoms with Crippen molar-refractivity contribution in [2.45, 2.75) is 92.6 Å². The van der Waals surface area contributed by atoms with Gasteiger partial charge in [-0.25, -0.2) is 0 Å². The normalized spacial score (nSPS) is 33.3. The number of hydrogen-bond donors (Lipinski definition) is 2. The van der Waals surface area contributed by atoms with Crippen LogP contribution in [0.5, 0.6) is 0 Å². The third-order valence-electron chi connectivity index (χ3n) is 6.59. The molecule has 26 heavy (non-hydrogen) atoms. The first-order valence-corrected chi connectivity index (χ1v) is 10.9. The molecule has 0 bridgehead atoms. The summed E-state index contributed by atoms with van der Waals surface area (Å²) in [5.41, 5.74) is 1.14. The van der Waals surface area contributed by atoms with E-state index < -0.39 is 0 Å². The molecular formula is C23H44O3. The van der Waals surface area contributed by atoms with E-state index in [9.17, 15) is 5.11 Å². The van der Waals surface area contributed by atoms with Crippen LogP contribution in [-0.2, 0) is 4.79 Å². The van der Waals surface area contributed by atoms with Crippen LogP contribution in [0, 0.1) is 35.5 Å². The smallest absolute Gasteiger partial charge is 0.290 e. The molecule has 0 heterocycles. The maximum atomic E-state index is 10.7. The molecule has 0 radical (unpaired) electrons. The predicted octanol–water partition coefficient (Wildman–Crippen LogP) is 6.17. The van der Waals surface area contributed by atoms with E-state index in [1.54, 1.807) is 0 Å². The molecule has 6 atom stereocenters. The molecule has 2 saturated carbocycles. The van der Waals surface area contributed by atoms with Crippen LogP contribution in [0.4, 0.5) is 0 Å². The van der Waals surface area contributed by atoms with Gasteiger partial charge in [0.15, 0.2) is 0 Å². The Balaban J connectivity index is 0.00000113. The Morgan fingerprint density at radius 2 is 1.77 bits per heavy atom. The fraction of sp³-hybridized carbons (Fsp3) is 0.870. The van der Waals surface area contributed by atoms with Crippen LogP contribution < -0.4 is 0 Å². The quantitative estimate of drug-likeness (QED) is 0.451. The zero-order valence-corrected chi connectivity index (χ0v) is 18.1. The second-order valence-corrected chi connectivity index (χ2v) is 8.09. The van der Waals surface area contributed by atoms with Crippen LogP contribution in [0.1, 0.15) is 86.5 Å². The van der Waals surface area contributed by atoms with Crippen LogP contribution in [0.25, 0.3) is 0 Å². The molecular weight excluding hydrogens is 324 g/mol. The number of rotatable bonds is 5. The minimum atomic E-state index is -0.250. The topological polar surface area (TPSA) is 57.5 Å². The maximum absolute atomic E-state index is 10.7. The summed E-state index contributed by atoms with van der Waals surface area (Å²) in [5.74, 6) is 4.28. The molecule has 0 aromatic heterocycles. The SMILES string of the molecule is C=C1C(CC)CC2C(CCCC)C(C(C)C)CCC2[C@H]1O.CC.O=CO. The molecule has 2 aliphatic rings. The molecule has 3 heteroatoms. The lowest BCUT2D eigenvalue weighted by molar-refractivity contribution is -0.122. The lowest BCUT2D eigenvalue weighted by atomic mass is 9.55. The first-order valence-electron chi connectivity index (χ1n) is 10.9. The minimum Gasteiger partial charge on any atom is -0.483 e. The monoisotopic (exact) mass is 368 g/mol. The van der Waals surface area contributed by atoms with Gasteiger partial charge in [-0.2, -0.15) is 0 Å². The number of unbranched alkanes of at least 4 members (excludes halogenated alkanes) is 1. The van der Waals surface area contributed by atoms with Crippen LogP contribution in [0.2, 0.25) is 0 Å². The van der Waals surface area contributed by atoms with Gasteiger partial charge in [0, 0.05) is 0 Å². The average Bonchev–Trinajstić information content (AvgIpc) is 2.64. The molecule has 5 unspecified atom stereocenters. The molecule has 0 spiro atoms. The standard InChI is InChI=1S/C20H36O.C2H6.CH2O2/c1-6-8-9-17-16(13(3)4)10-11-18-19(17)12-15(7-2)14(5)20(18)21;1-2;2-1-3/h13,15-21H,5-12H2,1-4H3;1-2H3;1H,(H,2,3)/t15?,16?,17?,18?,19?,20-;;/m0../s1. The van der Waals surface area contributed by atoms with E-state index in [-0.39, 0.29) is 12.6 Å². The molecule has 0 aliphatic heterocycles. The van der Waals surface area contributed by atoms with E-state index in [4.69, 9.17) is 9.90 Å². The number of aliphatic hydroxyl groups excluding tert-OH is 1. The third kappa shape index (κ3) is 6.40. The Hall–Kier alpha value is -0.830. The number of carboxylic acid groups (broad SMARTS) is 1. The summed E-state index contributed by atoms with van der Waals surface area (Å²) in [5, 5.41) is 17.6. The van der Waals surface area contributed by atoms with Crippen molar-refractivity contribution in [3.05, 3.63) is 12.2 Å². The van der Waals surface area contributed by atoms with Gasteiger partial charge in [-0.15, -0.1) is 0 Å². The predicted molar refractivity (Wildman–Crippen MR) is 111 cm³/mol. The number of aliphatic hydroxyl groups is 1. The van der Waals surface area contributed by atoms with Crippen LogP contribution in [0.15, 0.2) is 12.2 Å². The largest absolute Gasteiger partial charge is 0.483 e. The fourth-order valence-electron chi connectivity index (χ4n) is 5.31. The molecule has 2 rings (SSSR count). The maximum Gasteiger partial charge on any atom is 0.290 e. The molecule has 0 aromatic rings. The van der Waals surface area contributed by atoms with Gasteiger partial charge in [-0.1, -0.05) is 61.0 Å². The van der Waals surface area contributed by atoms with Crippen molar-refractivity contribution in [2.24, 2.45) is 35.5 Å². The van der Waals surface area contributed by atoms with E-state index in [1.165, 1.54) is 38.5 Å². The summed E-state index contributed by atoms with van der Waals surface area (Å²) >= 11 is 0. The zero-order chi connectivity index (χ0) is 20.3. The van der Waals surface area contributed by atoms with Crippen molar-refractivity contribution in [1.29, 1.82) is 0 Å². The van der Waals surface area contributed by atoms with Crippen LogP contribution >= 0.6 is 0 Å². The minimum absolute atomic E-state index is 0.231. The molecule has 2 aliphatic carbocycles. The van der Waals surface area contributed by atoms with E-state index in [1.807, 2.05) is 13.8 Å². The first kappa shape index (κ1) is 25.2. The molecule has 2 fully saturated rings. The van der Waals surface area contributed by atoms with E-state index in [0.29, 0.717) is 11.8 Å². The Labute approximate surface area is 162 Å². The molecule has 0 saturated heterocycles. The van der Waals surface area contributed by atoms with Crippen molar-refractivity contribution >= 4 is 6.47 Å². The van der Waals surface area contributed by atoms with Crippen LogP contribution in [-0.4, -0.2) is 22.8 Å². The molecule has 2 N–H and O–H groups in total. The lowest BCUT2D eigenvalue weighted by Crippen LogP contribution is -2.47.